The summed E-state index contributed by atoms with van der Waals surface area (Å²) in [5.41, 5.74) is -1.05. The number of aliphatic hydroxyl groups excluding tert-OH is 2. The van der Waals surface area contributed by atoms with Gasteiger partial charge in [-0.2, -0.15) is 0 Å². The third-order valence-corrected chi connectivity index (χ3v) is 3.91. The third kappa shape index (κ3) is 2.81. The highest BCUT2D eigenvalue weighted by Crippen LogP contribution is 2.32. The molecule has 0 aromatic heterocycles. The first kappa shape index (κ1) is 14.9. The lowest BCUT2D eigenvalue weighted by atomic mass is 9.79. The van der Waals surface area contributed by atoms with Gasteiger partial charge in [0.2, 0.25) is 5.91 Å². The molecule has 1 rings (SSSR count). The summed E-state index contributed by atoms with van der Waals surface area (Å²) < 4.78 is 0. The monoisotopic (exact) mass is 259 g/mol. The molecule has 104 valence electrons. The summed E-state index contributed by atoms with van der Waals surface area (Å²) in [6.07, 6.45) is -1.20. The van der Waals surface area contributed by atoms with Crippen LogP contribution < -0.4 is 0 Å². The summed E-state index contributed by atoms with van der Waals surface area (Å²) in [7, 11) is 0. The van der Waals surface area contributed by atoms with Crippen molar-refractivity contribution in [2.45, 2.75) is 45.3 Å². The average Bonchev–Trinajstić information content (AvgIpc) is 2.66. The minimum atomic E-state index is -1.05. The fraction of sp³-hybridized carbons (Fsp3) is 0.833. The van der Waals surface area contributed by atoms with E-state index in [9.17, 15) is 24.9 Å². The van der Waals surface area contributed by atoms with Crippen LogP contribution >= 0.6 is 0 Å². The summed E-state index contributed by atoms with van der Waals surface area (Å²) in [6.45, 7) is 3.64. The molecule has 1 saturated heterocycles. The summed E-state index contributed by atoms with van der Waals surface area (Å²) >= 11 is 0. The van der Waals surface area contributed by atoms with Crippen LogP contribution in [0.1, 0.15) is 33.1 Å². The third-order valence-electron chi connectivity index (χ3n) is 3.91. The number of carbonyl (C=O) groups is 2. The number of nitrogens with zero attached hydrogens (tertiary/aromatic N) is 1. The minimum Gasteiger partial charge on any atom is -0.481 e. The molecule has 2 unspecified atom stereocenters. The van der Waals surface area contributed by atoms with Gasteiger partial charge in [0, 0.05) is 19.5 Å². The highest BCUT2D eigenvalue weighted by Gasteiger charge is 2.40. The Labute approximate surface area is 106 Å². The second-order valence-electron chi connectivity index (χ2n) is 4.90. The molecule has 1 heterocycles. The van der Waals surface area contributed by atoms with Crippen LogP contribution in [0.4, 0.5) is 0 Å². The largest absolute Gasteiger partial charge is 0.481 e. The van der Waals surface area contributed by atoms with E-state index in [-0.39, 0.29) is 25.4 Å². The van der Waals surface area contributed by atoms with Gasteiger partial charge >= 0.3 is 5.97 Å². The van der Waals surface area contributed by atoms with E-state index in [4.69, 9.17) is 0 Å². The molecule has 1 amide bonds. The van der Waals surface area contributed by atoms with Crippen LogP contribution in [0, 0.1) is 5.41 Å². The number of carbonyl (C=O) groups excluding carboxylic acids is 1. The zero-order valence-corrected chi connectivity index (χ0v) is 10.8. The number of hydrogen-bond acceptors (Lipinski definition) is 4. The van der Waals surface area contributed by atoms with E-state index >= 15 is 0 Å². The van der Waals surface area contributed by atoms with E-state index in [0.717, 1.165) is 0 Å². The zero-order valence-electron chi connectivity index (χ0n) is 10.8. The molecule has 0 radical (unpaired) electrons. The molecule has 0 aromatic carbocycles. The summed E-state index contributed by atoms with van der Waals surface area (Å²) in [6, 6.07) is 0. The Kier molecular flexibility index (Phi) is 4.70. The van der Waals surface area contributed by atoms with Crippen molar-refractivity contribution in [1.29, 1.82) is 0 Å². The lowest BCUT2D eigenvalue weighted by molar-refractivity contribution is -0.154. The zero-order chi connectivity index (χ0) is 13.9. The number of carboxylic acids is 1. The van der Waals surface area contributed by atoms with E-state index in [1.807, 2.05) is 0 Å². The standard InChI is InChI=1S/C12H21NO5/c1-3-12(4-2,11(17)18)5-10(16)13-6-8(14)9(15)7-13/h8-9,14-15H,3-7H2,1-2H3,(H,17,18). The number of aliphatic carboxylic acids is 1. The van der Waals surface area contributed by atoms with Crippen molar-refractivity contribution >= 4 is 11.9 Å². The first-order valence-electron chi connectivity index (χ1n) is 6.23. The Hall–Kier alpha value is -1.14. The van der Waals surface area contributed by atoms with E-state index in [1.54, 1.807) is 13.8 Å². The lowest BCUT2D eigenvalue weighted by Gasteiger charge is -2.28. The van der Waals surface area contributed by atoms with Crippen LogP contribution in [0.3, 0.4) is 0 Å². The van der Waals surface area contributed by atoms with Crippen molar-refractivity contribution in [2.24, 2.45) is 5.41 Å². The quantitative estimate of drug-likeness (QED) is 0.637. The van der Waals surface area contributed by atoms with Gasteiger partial charge in [0.1, 0.15) is 0 Å². The first-order valence-corrected chi connectivity index (χ1v) is 6.23. The van der Waals surface area contributed by atoms with Crippen LogP contribution in [0.25, 0.3) is 0 Å². The molecule has 0 aliphatic carbocycles. The number of amides is 1. The number of carboxylic acid groups (broad SMARTS) is 1. The molecule has 0 aromatic rings. The average molecular weight is 259 g/mol. The maximum absolute atomic E-state index is 12.0. The van der Waals surface area contributed by atoms with Gasteiger partial charge in [0.25, 0.3) is 0 Å². The van der Waals surface area contributed by atoms with Crippen molar-refractivity contribution in [3.8, 4) is 0 Å². The lowest BCUT2D eigenvalue weighted by Crippen LogP contribution is -2.39. The molecular weight excluding hydrogens is 238 g/mol. The second-order valence-corrected chi connectivity index (χ2v) is 4.90. The Morgan fingerprint density at radius 2 is 1.61 bits per heavy atom. The molecule has 0 spiro atoms. The Morgan fingerprint density at radius 3 is 1.94 bits per heavy atom. The number of likely N-dealkylation sites (tertiary alicyclic amines) is 1. The molecule has 1 fully saturated rings. The van der Waals surface area contributed by atoms with E-state index in [1.165, 1.54) is 4.90 Å². The topological polar surface area (TPSA) is 98.1 Å². The predicted octanol–water partition coefficient (Wildman–Crippen LogP) is -0.169. The van der Waals surface area contributed by atoms with Gasteiger partial charge < -0.3 is 20.2 Å². The highest BCUT2D eigenvalue weighted by atomic mass is 16.4. The SMILES string of the molecule is CCC(CC)(CC(=O)N1CC(O)C(O)C1)C(=O)O. The van der Waals surface area contributed by atoms with E-state index in [0.29, 0.717) is 12.8 Å². The molecule has 0 saturated carbocycles. The van der Waals surface area contributed by atoms with Gasteiger partial charge in [0.05, 0.1) is 17.6 Å². The Balaban J connectivity index is 2.71. The van der Waals surface area contributed by atoms with Crippen LogP contribution in [0.5, 0.6) is 0 Å². The van der Waals surface area contributed by atoms with Crippen LogP contribution in [-0.4, -0.2) is 57.4 Å². The van der Waals surface area contributed by atoms with Gasteiger partial charge in [-0.25, -0.2) is 0 Å². The maximum atomic E-state index is 12.0. The molecule has 1 aliphatic rings. The van der Waals surface area contributed by atoms with Gasteiger partial charge in [-0.1, -0.05) is 13.8 Å². The van der Waals surface area contributed by atoms with Gasteiger partial charge in [-0.3, -0.25) is 9.59 Å². The number of aliphatic hydroxyl groups is 2. The molecular formula is C12H21NO5. The second kappa shape index (κ2) is 5.67. The first-order chi connectivity index (χ1) is 8.36. The number of hydrogen-bond donors (Lipinski definition) is 3. The summed E-state index contributed by atoms with van der Waals surface area (Å²) in [4.78, 5) is 24.6. The molecule has 0 bridgehead atoms. The smallest absolute Gasteiger partial charge is 0.310 e. The van der Waals surface area contributed by atoms with Gasteiger partial charge in [-0.05, 0) is 12.8 Å². The summed E-state index contributed by atoms with van der Waals surface area (Å²) in [5, 5.41) is 28.0. The minimum absolute atomic E-state index is 0.0725. The Bertz CT molecular complexity index is 316. The molecule has 3 N–H and O–H groups in total. The molecule has 6 heteroatoms. The molecule has 18 heavy (non-hydrogen) atoms. The number of rotatable bonds is 5. The van der Waals surface area contributed by atoms with Crippen molar-refractivity contribution in [2.75, 3.05) is 13.1 Å². The maximum Gasteiger partial charge on any atom is 0.310 e. The van der Waals surface area contributed by atoms with Crippen LogP contribution in [-0.2, 0) is 9.59 Å². The molecule has 6 nitrogen and oxygen atoms in total. The van der Waals surface area contributed by atoms with Crippen LogP contribution in [0.2, 0.25) is 0 Å². The Morgan fingerprint density at radius 1 is 1.17 bits per heavy atom. The highest BCUT2D eigenvalue weighted by molar-refractivity contribution is 5.85. The fourth-order valence-electron chi connectivity index (χ4n) is 2.25. The van der Waals surface area contributed by atoms with E-state index in [2.05, 4.69) is 0 Å². The predicted molar refractivity (Wildman–Crippen MR) is 63.9 cm³/mol. The van der Waals surface area contributed by atoms with E-state index < -0.39 is 23.6 Å². The van der Waals surface area contributed by atoms with Crippen LogP contribution in [0.15, 0.2) is 0 Å². The van der Waals surface area contributed by atoms with Gasteiger partial charge in [-0.15, -0.1) is 0 Å². The summed E-state index contributed by atoms with van der Waals surface area (Å²) in [5.74, 6) is -1.29. The normalized spacial score (nSPS) is 24.3. The molecule has 2 atom stereocenters. The van der Waals surface area contributed by atoms with Crippen molar-refractivity contribution < 1.29 is 24.9 Å². The van der Waals surface area contributed by atoms with Gasteiger partial charge in [0.15, 0.2) is 0 Å². The molecule has 1 aliphatic heterocycles. The van der Waals surface area contributed by atoms with Crippen molar-refractivity contribution in [3.05, 3.63) is 0 Å². The fourth-order valence-corrected chi connectivity index (χ4v) is 2.25. The van der Waals surface area contributed by atoms with Crippen molar-refractivity contribution in [1.82, 2.24) is 4.90 Å². The van der Waals surface area contributed by atoms with Crippen molar-refractivity contribution in [3.63, 3.8) is 0 Å². The number of β-amino-alcohol motifs (C(OH)–C–C–N with tert-alkyl or cyclic N) is 2.